The highest BCUT2D eigenvalue weighted by Gasteiger charge is 2.74. The zero-order chi connectivity index (χ0) is 72.8. The molecule has 34 atom stereocenters. The van der Waals surface area contributed by atoms with Gasteiger partial charge in [-0.25, -0.2) is 4.79 Å². The van der Waals surface area contributed by atoms with Crippen molar-refractivity contribution in [3.8, 4) is 5.75 Å². The number of aliphatic carboxylic acids is 1. The predicted octanol–water partition coefficient (Wildman–Crippen LogP) is -2.24. The first kappa shape index (κ1) is 77.1. The van der Waals surface area contributed by atoms with Crippen LogP contribution in [-0.4, -0.2) is 293 Å². The number of ether oxygens (including phenoxy) is 12. The van der Waals surface area contributed by atoms with Gasteiger partial charge in [0.1, 0.15) is 103 Å². The lowest BCUT2D eigenvalue weighted by Crippen LogP contribution is -2.71. The number of benzene rings is 1. The number of aliphatic hydroxyl groups is 15. The van der Waals surface area contributed by atoms with E-state index in [1.807, 2.05) is 6.92 Å². The Hall–Kier alpha value is -4.05. The summed E-state index contributed by atoms with van der Waals surface area (Å²) in [5, 5.41) is 177. The summed E-state index contributed by atoms with van der Waals surface area (Å²) >= 11 is 0. The molecule has 11 rings (SSSR count). The summed E-state index contributed by atoms with van der Waals surface area (Å²) < 4.78 is 71.1. The van der Waals surface area contributed by atoms with E-state index in [-0.39, 0.29) is 50.0 Å². The van der Waals surface area contributed by atoms with Crippen molar-refractivity contribution in [1.82, 2.24) is 0 Å². The van der Waals surface area contributed by atoms with Gasteiger partial charge in [-0.1, -0.05) is 51.5 Å². The lowest BCUT2D eigenvalue weighted by Gasteiger charge is -2.71. The average Bonchev–Trinajstić information content (AvgIpc) is 0.669. The molecule has 5 aliphatic carbocycles. The Morgan fingerprint density at radius 1 is 0.580 bits per heavy atom. The Morgan fingerprint density at radius 2 is 1.15 bits per heavy atom. The van der Waals surface area contributed by atoms with Crippen molar-refractivity contribution in [2.45, 2.75) is 266 Å². The smallest absolute Gasteiger partial charge is 0.331 e. The van der Waals surface area contributed by atoms with Crippen LogP contribution in [0.1, 0.15) is 112 Å². The van der Waals surface area contributed by atoms with Crippen molar-refractivity contribution >= 4 is 24.0 Å². The van der Waals surface area contributed by atoms with Crippen LogP contribution in [0.25, 0.3) is 6.08 Å². The fourth-order valence-electron chi connectivity index (χ4n) is 19.0. The zero-order valence-electron chi connectivity index (χ0n) is 57.3. The van der Waals surface area contributed by atoms with E-state index in [9.17, 15) is 91.3 Å². The molecule has 31 nitrogen and oxygen atoms in total. The van der Waals surface area contributed by atoms with Crippen LogP contribution in [0.3, 0.4) is 0 Å². The molecule has 5 aliphatic heterocycles. The van der Waals surface area contributed by atoms with Crippen molar-refractivity contribution in [2.24, 2.45) is 50.2 Å². The number of fused-ring (bicyclic) bond motifs is 7. The van der Waals surface area contributed by atoms with Gasteiger partial charge in [-0.3, -0.25) is 9.59 Å². The molecule has 31 heteroatoms. The fourth-order valence-corrected chi connectivity index (χ4v) is 19.0. The Kier molecular flexibility index (Phi) is 22.6. The van der Waals surface area contributed by atoms with E-state index in [1.54, 1.807) is 24.3 Å². The molecule has 16 N–H and O–H groups in total. The molecule has 10 aliphatic rings. The summed E-state index contributed by atoms with van der Waals surface area (Å²) in [6.45, 7) is 10.1. The van der Waals surface area contributed by atoms with Gasteiger partial charge in [-0.2, -0.15) is 0 Å². The second-order valence-corrected chi connectivity index (χ2v) is 31.0. The molecule has 0 radical (unpaired) electrons. The summed E-state index contributed by atoms with van der Waals surface area (Å²) in [6, 6.07) is 6.74. The predicted molar refractivity (Wildman–Crippen MR) is 337 cm³/mol. The molecule has 0 spiro atoms. The SMILES string of the molecule is COc1ccc(/C=C\C(=O)O[C@@H]2[C@H](O)[C@@H](O[C@@H]3O[C@@H](C)[C@H](O[C@@H]4OC[C@@H](O[C@@H]5O[C@H](CO)[C@H](O)[C@H](O)[C@H]5O)[C@H](O)[C@H]4O)[C@@H](O)[C@H]3O)[C@H](OC(=O)[C@]34CCC(C)(C)C[C@H]3C3=CC[C@@H]5[C@@]6(C)C[C@H](O)[C@H](O[C@@H]7O[C@H](CO)[C@@H](O)[C@H](O)[C@H]7O)[C@@](C)(C(=O)O)[C@@H]6CC[C@@]5(C)[C@]3(CO)CC4)O[C@@H]2C)cc1. The molecule has 0 amide bonds. The van der Waals surface area contributed by atoms with Crippen LogP contribution < -0.4 is 4.74 Å². The van der Waals surface area contributed by atoms with Crippen molar-refractivity contribution in [3.05, 3.63) is 47.6 Å². The van der Waals surface area contributed by atoms with Crippen LogP contribution in [0.15, 0.2) is 42.0 Å². The quantitative estimate of drug-likeness (QED) is 0.0320. The molecule has 564 valence electrons. The lowest BCUT2D eigenvalue weighted by molar-refractivity contribution is -0.378. The third-order valence-electron chi connectivity index (χ3n) is 24.9. The minimum Gasteiger partial charge on any atom is -0.497 e. The topological polar surface area (TPSA) is 486 Å². The Balaban J connectivity index is 0.845. The maximum atomic E-state index is 15.9. The fraction of sp³-hybridized carbons (Fsp3) is 0.812. The molecule has 1 aromatic carbocycles. The lowest BCUT2D eigenvalue weighted by atomic mass is 9.33. The van der Waals surface area contributed by atoms with E-state index in [0.717, 1.165) is 11.6 Å². The van der Waals surface area contributed by atoms with Crippen LogP contribution >= 0.6 is 0 Å². The number of rotatable bonds is 18. The summed E-state index contributed by atoms with van der Waals surface area (Å²) in [5.74, 6) is -4.07. The molecule has 5 saturated heterocycles. The van der Waals surface area contributed by atoms with Crippen molar-refractivity contribution in [1.29, 1.82) is 0 Å². The molecule has 100 heavy (non-hydrogen) atoms. The van der Waals surface area contributed by atoms with Crippen LogP contribution in [0.5, 0.6) is 5.75 Å². The second-order valence-electron chi connectivity index (χ2n) is 31.0. The Morgan fingerprint density at radius 3 is 1.76 bits per heavy atom. The molecule has 5 heterocycles. The average molecular weight is 1430 g/mol. The highest BCUT2D eigenvalue weighted by Crippen LogP contribution is 2.76. The molecular weight excluding hydrogens is 1320 g/mol. The maximum Gasteiger partial charge on any atom is 0.331 e. The number of hydrogen-bond acceptors (Lipinski definition) is 30. The van der Waals surface area contributed by atoms with E-state index >= 15 is 4.79 Å². The minimum atomic E-state index is -2.07. The second kappa shape index (κ2) is 29.4. The third kappa shape index (κ3) is 13.3. The molecule has 9 fully saturated rings. The van der Waals surface area contributed by atoms with E-state index in [2.05, 4.69) is 26.8 Å². The first-order chi connectivity index (χ1) is 47.1. The van der Waals surface area contributed by atoms with Gasteiger partial charge in [-0.15, -0.1) is 0 Å². The normalized spacial score (nSPS) is 49.4. The van der Waals surface area contributed by atoms with Gasteiger partial charge in [0.2, 0.25) is 6.29 Å². The standard InChI is InChI=1S/C69H102O31/c1-29-53(97-57-48(81)44(77)38(27-90-57)95-59-49(82)45(78)42(75)36(25-70)93-59)47(80)51(84)58(91-29)98-55-52(85)54(96-41(74)16-11-31-9-12-32(89-8)13-10-31)30(2)92-61(55)100-63(88)68-20-19-64(3,4)23-34(68)33-14-15-39-65(5)24-35(73)56(99-60-50(83)46(79)43(76)37(26-71)94-60)67(7,62(86)87)40(65)17-18-66(39,6)69(33,28-72)22-21-68/h9-14,16,29-30,34-40,42-61,70-73,75-85H,15,17-28H2,1-8H3,(H,86,87)/b16-11-/t29-,30+,34-,35-,36+,37+,38+,39+,40+,42-,43+,44-,45-,46-,47-,48+,49+,50+,51+,52-,53-,54-,55+,56-,57-,58-,59-,60-,61-,65+,66+,67-,68-,69-/m0/s1. The zero-order valence-corrected chi connectivity index (χ0v) is 57.3. The highest BCUT2D eigenvalue weighted by atomic mass is 16.8. The van der Waals surface area contributed by atoms with Crippen molar-refractivity contribution in [3.63, 3.8) is 0 Å². The summed E-state index contributed by atoms with van der Waals surface area (Å²) in [5.41, 5.74) is -4.89. The van der Waals surface area contributed by atoms with Gasteiger partial charge < -0.3 is 139 Å². The Bertz CT molecular complexity index is 3100. The monoisotopic (exact) mass is 1430 g/mol. The molecule has 1 aromatic rings. The number of carbonyl (C=O) groups excluding carboxylic acids is 2. The van der Waals surface area contributed by atoms with E-state index in [1.165, 1.54) is 34.0 Å². The highest BCUT2D eigenvalue weighted by molar-refractivity contribution is 5.87. The number of aliphatic hydroxyl groups excluding tert-OH is 15. The van der Waals surface area contributed by atoms with Crippen molar-refractivity contribution < 1.29 is 153 Å². The number of carboxylic acid groups (broad SMARTS) is 1. The number of hydrogen-bond donors (Lipinski definition) is 16. The van der Waals surface area contributed by atoms with Gasteiger partial charge >= 0.3 is 17.9 Å². The molecule has 0 unspecified atom stereocenters. The first-order valence-corrected chi connectivity index (χ1v) is 34.6. The van der Waals surface area contributed by atoms with Gasteiger partial charge in [-0.05, 0) is 136 Å². The number of carboxylic acids is 1. The summed E-state index contributed by atoms with van der Waals surface area (Å²) in [4.78, 5) is 43.5. The number of allylic oxidation sites excluding steroid dienone is 1. The number of methoxy groups -OCH3 is 1. The summed E-state index contributed by atoms with van der Waals surface area (Å²) in [7, 11) is 1.50. The third-order valence-corrected chi connectivity index (χ3v) is 24.9. The molecule has 0 aromatic heterocycles. The van der Waals surface area contributed by atoms with Gasteiger partial charge in [0.25, 0.3) is 0 Å². The molecule has 0 bridgehead atoms. The van der Waals surface area contributed by atoms with Crippen LogP contribution in [0, 0.1) is 50.2 Å². The number of esters is 2. The Labute approximate surface area is 578 Å². The van der Waals surface area contributed by atoms with Crippen LogP contribution in [0.2, 0.25) is 0 Å². The van der Waals surface area contributed by atoms with E-state index < -0.39 is 236 Å². The van der Waals surface area contributed by atoms with Gasteiger partial charge in [0, 0.05) is 11.5 Å². The van der Waals surface area contributed by atoms with Gasteiger partial charge in [0.15, 0.2) is 37.4 Å². The minimum absolute atomic E-state index is 0.00740. The van der Waals surface area contributed by atoms with Gasteiger partial charge in [0.05, 0.1) is 62.7 Å². The maximum absolute atomic E-state index is 15.9. The number of carbonyl (C=O) groups is 3. The largest absolute Gasteiger partial charge is 0.497 e. The van der Waals surface area contributed by atoms with Crippen LogP contribution in [0.4, 0.5) is 0 Å². The molecular formula is C69H102O31. The van der Waals surface area contributed by atoms with Crippen LogP contribution in [-0.2, 0) is 66.5 Å². The van der Waals surface area contributed by atoms with E-state index in [4.69, 9.17) is 56.8 Å². The first-order valence-electron chi connectivity index (χ1n) is 34.6. The van der Waals surface area contributed by atoms with Crippen molar-refractivity contribution in [2.75, 3.05) is 33.5 Å². The summed E-state index contributed by atoms with van der Waals surface area (Å²) in [6.07, 6.45) is -36.7. The van der Waals surface area contributed by atoms with E-state index in [0.29, 0.717) is 37.0 Å². The molecule has 4 saturated carbocycles.